The summed E-state index contributed by atoms with van der Waals surface area (Å²) in [7, 11) is 0. The maximum atomic E-state index is 9.98. The minimum absolute atomic E-state index is 0.0410. The normalized spacial score (nSPS) is 11.8. The van der Waals surface area contributed by atoms with Crippen LogP contribution in [0.2, 0.25) is 0 Å². The van der Waals surface area contributed by atoms with Crippen molar-refractivity contribution in [1.29, 1.82) is 0 Å². The summed E-state index contributed by atoms with van der Waals surface area (Å²) in [6, 6.07) is 37.5. The molecule has 0 aliphatic heterocycles. The lowest BCUT2D eigenvalue weighted by Gasteiger charge is -2.12. The first-order valence-corrected chi connectivity index (χ1v) is 11.4. The third kappa shape index (κ3) is 2.63. The van der Waals surface area contributed by atoms with Crippen LogP contribution >= 0.6 is 0 Å². The van der Waals surface area contributed by atoms with Crippen LogP contribution in [0, 0.1) is 0 Å². The molecule has 2 heteroatoms. The number of phenols is 2. The van der Waals surface area contributed by atoms with Crippen molar-refractivity contribution in [3.05, 3.63) is 109 Å². The highest BCUT2D eigenvalue weighted by Crippen LogP contribution is 2.42. The number of phenolic OH excluding ortho intramolecular Hbond substituents is 2. The Morgan fingerprint density at radius 1 is 0.353 bits per heavy atom. The molecular weight excluding hydrogens is 416 g/mol. The van der Waals surface area contributed by atoms with Gasteiger partial charge in [-0.3, -0.25) is 0 Å². The maximum absolute atomic E-state index is 9.98. The summed E-state index contributed by atoms with van der Waals surface area (Å²) >= 11 is 0. The zero-order valence-corrected chi connectivity index (χ0v) is 18.3. The van der Waals surface area contributed by atoms with E-state index in [4.69, 9.17) is 0 Å². The van der Waals surface area contributed by atoms with Gasteiger partial charge in [-0.15, -0.1) is 0 Å². The van der Waals surface area contributed by atoms with Crippen LogP contribution in [-0.4, -0.2) is 10.2 Å². The summed E-state index contributed by atoms with van der Waals surface area (Å²) in [6.07, 6.45) is 0. The Balaban J connectivity index is 0.000000118. The summed E-state index contributed by atoms with van der Waals surface area (Å²) in [5.41, 5.74) is 0. The van der Waals surface area contributed by atoms with Gasteiger partial charge < -0.3 is 10.2 Å². The predicted octanol–water partition coefficient (Wildman–Crippen LogP) is 8.58. The van der Waals surface area contributed by atoms with Gasteiger partial charge in [0.2, 0.25) is 0 Å². The van der Waals surface area contributed by atoms with E-state index >= 15 is 0 Å². The quantitative estimate of drug-likeness (QED) is 0.185. The van der Waals surface area contributed by atoms with Crippen molar-refractivity contribution < 1.29 is 10.2 Å². The van der Waals surface area contributed by atoms with Crippen LogP contribution < -0.4 is 0 Å². The van der Waals surface area contributed by atoms with E-state index in [1.54, 1.807) is 6.07 Å². The molecule has 0 spiro atoms. The molecule has 0 aliphatic rings. The molecule has 160 valence electrons. The van der Waals surface area contributed by atoms with Crippen LogP contribution in [0.5, 0.6) is 11.5 Å². The average molecular weight is 437 g/mol. The fourth-order valence-electron chi connectivity index (χ4n) is 5.45. The Hall–Kier alpha value is -4.56. The maximum Gasteiger partial charge on any atom is 0.165 e. The lowest BCUT2D eigenvalue weighted by molar-refractivity contribution is 0.408. The van der Waals surface area contributed by atoms with Crippen LogP contribution in [0.4, 0.5) is 0 Å². The zero-order chi connectivity index (χ0) is 22.8. The molecule has 0 amide bonds. The van der Waals surface area contributed by atoms with Crippen molar-refractivity contribution in [3.8, 4) is 11.5 Å². The van der Waals surface area contributed by atoms with Crippen LogP contribution in [0.25, 0.3) is 64.6 Å². The average Bonchev–Trinajstić information content (AvgIpc) is 2.88. The molecule has 0 unspecified atom stereocenters. The molecule has 0 bridgehead atoms. The fourth-order valence-corrected chi connectivity index (χ4v) is 5.45. The van der Waals surface area contributed by atoms with Crippen molar-refractivity contribution in [3.63, 3.8) is 0 Å². The minimum Gasteiger partial charge on any atom is -0.504 e. The minimum atomic E-state index is -0.0686. The second-order valence-corrected chi connectivity index (χ2v) is 8.89. The molecular formula is C32H20O2. The van der Waals surface area contributed by atoms with Crippen molar-refractivity contribution in [2.45, 2.75) is 0 Å². The first kappa shape index (κ1) is 19.0. The molecule has 0 radical (unpaired) electrons. The molecule has 8 aromatic carbocycles. The topological polar surface area (TPSA) is 40.5 Å². The molecule has 8 aromatic rings. The van der Waals surface area contributed by atoms with E-state index in [0.717, 1.165) is 26.9 Å². The van der Waals surface area contributed by atoms with Crippen molar-refractivity contribution in [1.82, 2.24) is 0 Å². The van der Waals surface area contributed by atoms with Crippen molar-refractivity contribution in [2.75, 3.05) is 0 Å². The zero-order valence-electron chi connectivity index (χ0n) is 18.3. The summed E-state index contributed by atoms with van der Waals surface area (Å²) in [4.78, 5) is 0. The summed E-state index contributed by atoms with van der Waals surface area (Å²) in [5.74, 6) is -0.110. The molecule has 0 saturated carbocycles. The summed E-state index contributed by atoms with van der Waals surface area (Å²) < 4.78 is 0. The predicted molar refractivity (Wildman–Crippen MR) is 144 cm³/mol. The molecule has 8 rings (SSSR count). The number of hydrogen-bond acceptors (Lipinski definition) is 2. The molecule has 2 N–H and O–H groups in total. The van der Waals surface area contributed by atoms with Crippen molar-refractivity contribution in [2.24, 2.45) is 0 Å². The third-order valence-corrected chi connectivity index (χ3v) is 6.99. The van der Waals surface area contributed by atoms with E-state index < -0.39 is 0 Å². The van der Waals surface area contributed by atoms with Gasteiger partial charge in [0.25, 0.3) is 0 Å². The van der Waals surface area contributed by atoms with E-state index in [1.807, 2.05) is 30.3 Å². The van der Waals surface area contributed by atoms with Gasteiger partial charge in [0, 0.05) is 10.8 Å². The lowest BCUT2D eigenvalue weighted by atomic mass is 9.94. The number of rotatable bonds is 0. The van der Waals surface area contributed by atoms with Crippen LogP contribution in [0.3, 0.4) is 0 Å². The number of hydrogen-bond donors (Lipinski definition) is 2. The van der Waals surface area contributed by atoms with Crippen LogP contribution in [-0.2, 0) is 0 Å². The number of benzene rings is 8. The van der Waals surface area contributed by atoms with E-state index in [1.165, 1.54) is 32.3 Å². The standard InChI is InChI=1S/C16H10O2.C16H10/c17-13-8-11-5-4-9-2-1-3-10-6-7-12(16(13)18)15(11)14(9)10;1-3-11-7-9-13-5-2-6-14-10-8-12(4-1)15(11)16(13)14/h1-8,17-18H;1-10H. The van der Waals surface area contributed by atoms with Gasteiger partial charge in [0.05, 0.1) is 0 Å². The third-order valence-electron chi connectivity index (χ3n) is 6.99. The Morgan fingerprint density at radius 3 is 1.15 bits per heavy atom. The highest BCUT2D eigenvalue weighted by atomic mass is 16.3. The summed E-state index contributed by atoms with van der Waals surface area (Å²) in [6.45, 7) is 0. The van der Waals surface area contributed by atoms with Gasteiger partial charge >= 0.3 is 0 Å². The van der Waals surface area contributed by atoms with E-state index in [0.29, 0.717) is 5.39 Å². The van der Waals surface area contributed by atoms with E-state index in [-0.39, 0.29) is 11.5 Å². The summed E-state index contributed by atoms with van der Waals surface area (Å²) in [5, 5.41) is 34.0. The van der Waals surface area contributed by atoms with E-state index in [9.17, 15) is 10.2 Å². The van der Waals surface area contributed by atoms with Gasteiger partial charge in [0.15, 0.2) is 11.5 Å². The first-order chi connectivity index (χ1) is 16.7. The van der Waals surface area contributed by atoms with Gasteiger partial charge in [0.1, 0.15) is 0 Å². The van der Waals surface area contributed by atoms with E-state index in [2.05, 4.69) is 72.8 Å². The molecule has 0 aromatic heterocycles. The Morgan fingerprint density at radius 2 is 0.706 bits per heavy atom. The Kier molecular flexibility index (Phi) is 3.88. The van der Waals surface area contributed by atoms with Gasteiger partial charge in [-0.2, -0.15) is 0 Å². The fraction of sp³-hybridized carbons (Fsp3) is 0. The molecule has 0 aliphatic carbocycles. The Labute approximate surface area is 195 Å². The number of aromatic hydroxyl groups is 2. The second-order valence-electron chi connectivity index (χ2n) is 8.89. The second kappa shape index (κ2) is 6.97. The van der Waals surface area contributed by atoms with Gasteiger partial charge in [-0.25, -0.2) is 0 Å². The highest BCUT2D eigenvalue weighted by molar-refractivity contribution is 6.25. The molecule has 0 fully saturated rings. The van der Waals surface area contributed by atoms with Gasteiger partial charge in [-0.1, -0.05) is 97.1 Å². The molecule has 0 saturated heterocycles. The highest BCUT2D eigenvalue weighted by Gasteiger charge is 2.13. The molecule has 0 atom stereocenters. The molecule has 2 nitrogen and oxygen atoms in total. The van der Waals surface area contributed by atoms with Crippen molar-refractivity contribution >= 4 is 64.6 Å². The smallest absolute Gasteiger partial charge is 0.165 e. The van der Waals surface area contributed by atoms with Crippen LogP contribution in [0.1, 0.15) is 0 Å². The van der Waals surface area contributed by atoms with Gasteiger partial charge in [-0.05, 0) is 66.0 Å². The molecule has 0 heterocycles. The first-order valence-electron chi connectivity index (χ1n) is 11.4. The van der Waals surface area contributed by atoms with Crippen LogP contribution in [0.15, 0.2) is 109 Å². The lowest BCUT2D eigenvalue weighted by Crippen LogP contribution is -1.84. The monoisotopic (exact) mass is 436 g/mol. The Bertz CT molecular complexity index is 1840. The largest absolute Gasteiger partial charge is 0.504 e. The SMILES string of the molecule is Oc1cc2ccc3cccc4ccc(c1O)c2c34.c1cc2ccc3cccc4ccc(c1)c2c34. The molecule has 34 heavy (non-hydrogen) atoms.